The Hall–Kier alpha value is -1.81. The van der Waals surface area contributed by atoms with Crippen LogP contribution in [0.4, 0.5) is 11.4 Å². The Morgan fingerprint density at radius 1 is 1.25 bits per heavy atom. The van der Waals surface area contributed by atoms with Crippen molar-refractivity contribution in [1.29, 1.82) is 0 Å². The molecule has 0 spiro atoms. The van der Waals surface area contributed by atoms with Crippen LogP contribution < -0.4 is 11.1 Å². The van der Waals surface area contributed by atoms with Gasteiger partial charge in [0.25, 0.3) is 5.91 Å². The van der Waals surface area contributed by atoms with Crippen LogP contribution in [0.2, 0.25) is 0 Å². The zero-order chi connectivity index (χ0) is 14.7. The SMILES string of the molecule is CCc1cc(Br)ccc1NC(=O)c1ccc(C)c(N)c1. The molecule has 0 heterocycles. The number of hydrogen-bond donors (Lipinski definition) is 2. The van der Waals surface area contributed by atoms with Crippen molar-refractivity contribution in [2.45, 2.75) is 20.3 Å². The molecule has 0 fully saturated rings. The van der Waals surface area contributed by atoms with Gasteiger partial charge in [0.1, 0.15) is 0 Å². The highest BCUT2D eigenvalue weighted by molar-refractivity contribution is 9.10. The molecule has 0 aliphatic carbocycles. The number of nitrogens with one attached hydrogen (secondary N) is 1. The van der Waals surface area contributed by atoms with Crippen LogP contribution in [0.1, 0.15) is 28.4 Å². The Balaban J connectivity index is 2.25. The highest BCUT2D eigenvalue weighted by atomic mass is 79.9. The van der Waals surface area contributed by atoms with Crippen molar-refractivity contribution < 1.29 is 4.79 Å². The van der Waals surface area contributed by atoms with E-state index in [9.17, 15) is 4.79 Å². The average Bonchev–Trinajstić information content (AvgIpc) is 2.43. The summed E-state index contributed by atoms with van der Waals surface area (Å²) < 4.78 is 1.01. The van der Waals surface area contributed by atoms with Crippen molar-refractivity contribution in [2.24, 2.45) is 0 Å². The summed E-state index contributed by atoms with van der Waals surface area (Å²) in [6.07, 6.45) is 0.852. The molecule has 0 bridgehead atoms. The predicted molar refractivity (Wildman–Crippen MR) is 87.1 cm³/mol. The first-order valence-corrected chi connectivity index (χ1v) is 7.26. The largest absolute Gasteiger partial charge is 0.398 e. The molecule has 3 nitrogen and oxygen atoms in total. The normalized spacial score (nSPS) is 10.3. The van der Waals surface area contributed by atoms with Gasteiger partial charge in [0, 0.05) is 21.4 Å². The van der Waals surface area contributed by atoms with E-state index in [1.54, 1.807) is 12.1 Å². The van der Waals surface area contributed by atoms with Gasteiger partial charge in [-0.2, -0.15) is 0 Å². The summed E-state index contributed by atoms with van der Waals surface area (Å²) in [5, 5.41) is 2.94. The smallest absolute Gasteiger partial charge is 0.255 e. The number of nitrogen functional groups attached to an aromatic ring is 1. The summed E-state index contributed by atoms with van der Waals surface area (Å²) in [7, 11) is 0. The molecule has 0 atom stereocenters. The monoisotopic (exact) mass is 332 g/mol. The molecule has 0 aliphatic heterocycles. The minimum Gasteiger partial charge on any atom is -0.398 e. The molecule has 4 heteroatoms. The van der Waals surface area contributed by atoms with Crippen LogP contribution in [0.5, 0.6) is 0 Å². The number of rotatable bonds is 3. The summed E-state index contributed by atoms with van der Waals surface area (Å²) in [5.74, 6) is -0.145. The third kappa shape index (κ3) is 3.20. The maximum absolute atomic E-state index is 12.3. The summed E-state index contributed by atoms with van der Waals surface area (Å²) in [6.45, 7) is 3.97. The molecule has 3 N–H and O–H groups in total. The second-order valence-electron chi connectivity index (χ2n) is 4.68. The summed E-state index contributed by atoms with van der Waals surface area (Å²) in [4.78, 5) is 12.3. The number of aryl methyl sites for hydroxylation is 2. The zero-order valence-corrected chi connectivity index (χ0v) is 13.1. The van der Waals surface area contributed by atoms with Gasteiger partial charge in [-0.1, -0.05) is 28.9 Å². The molecule has 0 saturated carbocycles. The molecule has 2 rings (SSSR count). The van der Waals surface area contributed by atoms with E-state index >= 15 is 0 Å². The van der Waals surface area contributed by atoms with Crippen molar-refractivity contribution >= 4 is 33.2 Å². The fourth-order valence-corrected chi connectivity index (χ4v) is 2.36. The van der Waals surface area contributed by atoms with Gasteiger partial charge >= 0.3 is 0 Å². The van der Waals surface area contributed by atoms with Gasteiger partial charge in [0.2, 0.25) is 0 Å². The highest BCUT2D eigenvalue weighted by Crippen LogP contribution is 2.22. The second kappa shape index (κ2) is 6.09. The van der Waals surface area contributed by atoms with E-state index < -0.39 is 0 Å². The Morgan fingerprint density at radius 2 is 2.00 bits per heavy atom. The average molecular weight is 333 g/mol. The first kappa shape index (κ1) is 14.6. The number of nitrogens with two attached hydrogens (primary N) is 1. The summed E-state index contributed by atoms with van der Waals surface area (Å²) in [5.41, 5.74) is 9.93. The maximum atomic E-state index is 12.3. The molecule has 104 valence electrons. The van der Waals surface area contributed by atoms with Gasteiger partial charge in [-0.3, -0.25) is 4.79 Å². The lowest BCUT2D eigenvalue weighted by atomic mass is 10.1. The van der Waals surface area contributed by atoms with E-state index in [1.807, 2.05) is 31.2 Å². The predicted octanol–water partition coefficient (Wildman–Crippen LogP) is 4.15. The molecule has 0 unspecified atom stereocenters. The fourth-order valence-electron chi connectivity index (χ4n) is 1.95. The Labute approximate surface area is 127 Å². The molecule has 2 aromatic rings. The number of halogens is 1. The van der Waals surface area contributed by atoms with E-state index in [0.29, 0.717) is 11.3 Å². The number of hydrogen-bond acceptors (Lipinski definition) is 2. The van der Waals surface area contributed by atoms with Crippen molar-refractivity contribution in [3.05, 3.63) is 57.6 Å². The number of benzene rings is 2. The van der Waals surface area contributed by atoms with Crippen LogP contribution in [0.15, 0.2) is 40.9 Å². The zero-order valence-electron chi connectivity index (χ0n) is 11.5. The Bertz CT molecular complexity index is 653. The maximum Gasteiger partial charge on any atom is 0.255 e. The van der Waals surface area contributed by atoms with Gasteiger partial charge in [-0.25, -0.2) is 0 Å². The quantitative estimate of drug-likeness (QED) is 0.829. The molecular weight excluding hydrogens is 316 g/mol. The molecule has 2 aromatic carbocycles. The van der Waals surface area contributed by atoms with Crippen molar-refractivity contribution in [1.82, 2.24) is 0 Å². The lowest BCUT2D eigenvalue weighted by Gasteiger charge is -2.11. The van der Waals surface area contributed by atoms with E-state index in [1.165, 1.54) is 0 Å². The lowest BCUT2D eigenvalue weighted by Crippen LogP contribution is -2.13. The van der Waals surface area contributed by atoms with Crippen LogP contribution in [0.25, 0.3) is 0 Å². The third-order valence-electron chi connectivity index (χ3n) is 3.24. The van der Waals surface area contributed by atoms with Crippen LogP contribution >= 0.6 is 15.9 Å². The van der Waals surface area contributed by atoms with Crippen molar-refractivity contribution in [3.8, 4) is 0 Å². The van der Waals surface area contributed by atoms with E-state index in [4.69, 9.17) is 5.73 Å². The van der Waals surface area contributed by atoms with Crippen molar-refractivity contribution in [3.63, 3.8) is 0 Å². The standard InChI is InChI=1S/C16H17BrN2O/c1-3-11-8-13(17)6-7-15(11)19-16(20)12-5-4-10(2)14(18)9-12/h4-9H,3,18H2,1-2H3,(H,19,20). The second-order valence-corrected chi connectivity index (χ2v) is 5.60. The molecule has 0 saturated heterocycles. The fraction of sp³-hybridized carbons (Fsp3) is 0.188. The van der Waals surface area contributed by atoms with Crippen LogP contribution in [0, 0.1) is 6.92 Å². The molecule has 0 radical (unpaired) electrons. The first-order chi connectivity index (χ1) is 9.51. The van der Waals surface area contributed by atoms with Gasteiger partial charge in [-0.15, -0.1) is 0 Å². The van der Waals surface area contributed by atoms with Gasteiger partial charge in [0.15, 0.2) is 0 Å². The van der Waals surface area contributed by atoms with Gasteiger partial charge in [0.05, 0.1) is 0 Å². The molecule has 0 aliphatic rings. The Morgan fingerprint density at radius 3 is 2.65 bits per heavy atom. The Kier molecular flexibility index (Phi) is 4.45. The molecule has 0 aromatic heterocycles. The van der Waals surface area contributed by atoms with E-state index in [0.717, 1.165) is 27.7 Å². The molecule has 1 amide bonds. The van der Waals surface area contributed by atoms with Crippen molar-refractivity contribution in [2.75, 3.05) is 11.1 Å². The van der Waals surface area contributed by atoms with Gasteiger partial charge in [-0.05, 0) is 54.8 Å². The highest BCUT2D eigenvalue weighted by Gasteiger charge is 2.10. The topological polar surface area (TPSA) is 55.1 Å². The minimum atomic E-state index is -0.145. The minimum absolute atomic E-state index is 0.145. The van der Waals surface area contributed by atoms with Crippen LogP contribution in [-0.2, 0) is 6.42 Å². The number of carbonyl (C=O) groups is 1. The summed E-state index contributed by atoms with van der Waals surface area (Å²) in [6, 6.07) is 11.2. The molecular formula is C16H17BrN2O. The number of anilines is 2. The molecule has 20 heavy (non-hydrogen) atoms. The van der Waals surface area contributed by atoms with E-state index in [2.05, 4.69) is 28.2 Å². The third-order valence-corrected chi connectivity index (χ3v) is 3.73. The number of amides is 1. The lowest BCUT2D eigenvalue weighted by molar-refractivity contribution is 0.102. The van der Waals surface area contributed by atoms with E-state index in [-0.39, 0.29) is 5.91 Å². The van der Waals surface area contributed by atoms with Crippen LogP contribution in [0.3, 0.4) is 0 Å². The summed E-state index contributed by atoms with van der Waals surface area (Å²) >= 11 is 3.44. The number of carbonyl (C=O) groups excluding carboxylic acids is 1. The van der Waals surface area contributed by atoms with Crippen LogP contribution in [-0.4, -0.2) is 5.91 Å². The van der Waals surface area contributed by atoms with Gasteiger partial charge < -0.3 is 11.1 Å². The first-order valence-electron chi connectivity index (χ1n) is 6.47.